The fraction of sp³-hybridized carbons (Fsp3) is 1.00. The molecule has 1 aliphatic heterocycles. The molecule has 1 heteroatoms. The van der Waals surface area contributed by atoms with Crippen molar-refractivity contribution in [2.24, 2.45) is 0 Å². The van der Waals surface area contributed by atoms with Crippen LogP contribution in [0.15, 0.2) is 0 Å². The van der Waals surface area contributed by atoms with Gasteiger partial charge in [0, 0.05) is 12.6 Å². The molecule has 1 fully saturated rings. The quantitative estimate of drug-likeness (QED) is 0.417. The summed E-state index contributed by atoms with van der Waals surface area (Å²) < 4.78 is 0. The smallest absolute Gasteiger partial charge is 0.0164 e. The average molecular weight is 73.1 g/mol. The van der Waals surface area contributed by atoms with E-state index in [0.717, 1.165) is 6.04 Å². The first-order valence-corrected chi connectivity index (χ1v) is 1.63. The molecule has 0 aromatic heterocycles. The Balaban J connectivity index is 0.000000160. The van der Waals surface area contributed by atoms with E-state index in [9.17, 15) is 0 Å². The zero-order chi connectivity index (χ0) is 2.99. The van der Waals surface area contributed by atoms with Crippen LogP contribution in [0.4, 0.5) is 0 Å². The van der Waals surface area contributed by atoms with Gasteiger partial charge in [-0.05, 0) is 6.92 Å². The number of nitrogens with one attached hydrogen (secondary N) is 1. The van der Waals surface area contributed by atoms with Crippen molar-refractivity contribution in [2.45, 2.75) is 20.4 Å². The van der Waals surface area contributed by atoms with E-state index in [1.807, 2.05) is 0 Å². The van der Waals surface area contributed by atoms with Crippen LogP contribution in [0.2, 0.25) is 0 Å². The second kappa shape index (κ2) is 1.41. The van der Waals surface area contributed by atoms with Gasteiger partial charge in [-0.25, -0.2) is 0 Å². The van der Waals surface area contributed by atoms with Crippen LogP contribution in [0.3, 0.4) is 0 Å². The molecular formula is C4H11N. The first-order chi connectivity index (χ1) is 1.89. The minimum Gasteiger partial charge on any atom is -0.311 e. The second-order valence-electron chi connectivity index (χ2n) is 1.31. The largest absolute Gasteiger partial charge is 0.311 e. The van der Waals surface area contributed by atoms with Gasteiger partial charge in [-0.15, -0.1) is 0 Å². The highest BCUT2D eigenvalue weighted by molar-refractivity contribution is 4.76. The molecule has 5 heavy (non-hydrogen) atoms. The van der Waals surface area contributed by atoms with Crippen LogP contribution in [-0.2, 0) is 0 Å². The van der Waals surface area contributed by atoms with Crippen LogP contribution in [0.1, 0.15) is 14.4 Å². The predicted octanol–water partition coefficient (Wildman–Crippen LogP) is 0.614. The molecule has 0 aromatic carbocycles. The third kappa shape index (κ3) is 1.74. The standard InChI is InChI=1S/C3H7N.CH4/c1-3-2-4-3;/h3-4H,2H2,1H3;1H4. The van der Waals surface area contributed by atoms with Crippen LogP contribution in [0, 0.1) is 0 Å². The molecule has 1 unspecified atom stereocenters. The lowest BCUT2D eigenvalue weighted by Gasteiger charge is -1.53. The highest BCUT2D eigenvalue weighted by atomic mass is 15.1. The summed E-state index contributed by atoms with van der Waals surface area (Å²) >= 11 is 0. The van der Waals surface area contributed by atoms with Crippen LogP contribution in [-0.4, -0.2) is 12.6 Å². The zero-order valence-corrected chi connectivity index (χ0v) is 2.78. The molecule has 0 aliphatic carbocycles. The Bertz CT molecular complexity index is 22.8. The molecule has 0 spiro atoms. The molecule has 1 aliphatic rings. The normalized spacial score (nSPS) is 31.8. The van der Waals surface area contributed by atoms with Crippen LogP contribution >= 0.6 is 0 Å². The molecule has 1 atom stereocenters. The average Bonchev–Trinajstić information content (AvgIpc) is 1.75. The van der Waals surface area contributed by atoms with Crippen molar-refractivity contribution in [3.8, 4) is 0 Å². The molecule has 0 amide bonds. The maximum Gasteiger partial charge on any atom is 0.0164 e. The van der Waals surface area contributed by atoms with E-state index in [1.165, 1.54) is 6.54 Å². The van der Waals surface area contributed by atoms with Gasteiger partial charge in [0.25, 0.3) is 0 Å². The summed E-state index contributed by atoms with van der Waals surface area (Å²) in [4.78, 5) is 0. The van der Waals surface area contributed by atoms with Gasteiger partial charge in [0.05, 0.1) is 0 Å². The Hall–Kier alpha value is -0.0400. The minimum absolute atomic E-state index is 0. The fourth-order valence-electron chi connectivity index (χ4n) is 0.118. The fourth-order valence-corrected chi connectivity index (χ4v) is 0.118. The molecule has 0 radical (unpaired) electrons. The predicted molar refractivity (Wildman–Crippen MR) is 24.2 cm³/mol. The van der Waals surface area contributed by atoms with E-state index in [2.05, 4.69) is 12.2 Å². The molecule has 0 bridgehead atoms. The van der Waals surface area contributed by atoms with Gasteiger partial charge in [-0.2, -0.15) is 0 Å². The first kappa shape index (κ1) is 4.96. The summed E-state index contributed by atoms with van der Waals surface area (Å²) in [6, 6.07) is 0.833. The number of hydrogen-bond acceptors (Lipinski definition) is 1. The minimum atomic E-state index is 0. The van der Waals surface area contributed by atoms with E-state index >= 15 is 0 Å². The molecule has 1 N–H and O–H groups in total. The van der Waals surface area contributed by atoms with Gasteiger partial charge in [-0.1, -0.05) is 7.43 Å². The first-order valence-electron chi connectivity index (χ1n) is 1.63. The topological polar surface area (TPSA) is 21.9 Å². The van der Waals surface area contributed by atoms with Crippen molar-refractivity contribution in [3.63, 3.8) is 0 Å². The van der Waals surface area contributed by atoms with Crippen LogP contribution in [0.25, 0.3) is 0 Å². The molecule has 1 heterocycles. The lowest BCUT2D eigenvalue weighted by molar-refractivity contribution is 1.09. The Kier molecular flexibility index (Phi) is 1.40. The molecule has 1 nitrogen and oxygen atoms in total. The Labute approximate surface area is 33.4 Å². The molecule has 0 aromatic rings. The van der Waals surface area contributed by atoms with Crippen molar-refractivity contribution in [1.29, 1.82) is 0 Å². The number of rotatable bonds is 0. The third-order valence-corrected chi connectivity index (χ3v) is 0.612. The summed E-state index contributed by atoms with van der Waals surface area (Å²) in [6.45, 7) is 3.40. The Morgan fingerprint density at radius 2 is 2.00 bits per heavy atom. The van der Waals surface area contributed by atoms with Gasteiger partial charge < -0.3 is 5.32 Å². The second-order valence-corrected chi connectivity index (χ2v) is 1.31. The van der Waals surface area contributed by atoms with E-state index < -0.39 is 0 Å². The van der Waals surface area contributed by atoms with E-state index in [1.54, 1.807) is 0 Å². The lowest BCUT2D eigenvalue weighted by atomic mass is 10.6. The van der Waals surface area contributed by atoms with E-state index in [4.69, 9.17) is 0 Å². The highest BCUT2D eigenvalue weighted by Crippen LogP contribution is 1.88. The van der Waals surface area contributed by atoms with Crippen molar-refractivity contribution < 1.29 is 0 Å². The zero-order valence-electron chi connectivity index (χ0n) is 2.78. The number of hydrogen-bond donors (Lipinski definition) is 1. The highest BCUT2D eigenvalue weighted by Gasteiger charge is 2.10. The van der Waals surface area contributed by atoms with Gasteiger partial charge in [0.1, 0.15) is 0 Å². The summed E-state index contributed by atoms with van der Waals surface area (Å²) in [7, 11) is 0. The Morgan fingerprint density at radius 1 is 1.80 bits per heavy atom. The SMILES string of the molecule is C.CC1CN1. The Morgan fingerprint density at radius 3 is 2.00 bits per heavy atom. The van der Waals surface area contributed by atoms with Crippen LogP contribution in [0.5, 0.6) is 0 Å². The molecule has 1 rings (SSSR count). The maximum atomic E-state index is 3.10. The van der Waals surface area contributed by atoms with Gasteiger partial charge in [-0.3, -0.25) is 0 Å². The lowest BCUT2D eigenvalue weighted by Crippen LogP contribution is -1.72. The van der Waals surface area contributed by atoms with E-state index in [-0.39, 0.29) is 7.43 Å². The van der Waals surface area contributed by atoms with Gasteiger partial charge >= 0.3 is 0 Å². The molecule has 32 valence electrons. The van der Waals surface area contributed by atoms with Gasteiger partial charge in [0.15, 0.2) is 0 Å². The monoisotopic (exact) mass is 73.1 g/mol. The third-order valence-electron chi connectivity index (χ3n) is 0.612. The van der Waals surface area contributed by atoms with Crippen LogP contribution < -0.4 is 5.32 Å². The summed E-state index contributed by atoms with van der Waals surface area (Å²) in [5, 5.41) is 3.10. The molecular weight excluding hydrogens is 62.1 g/mol. The van der Waals surface area contributed by atoms with Crippen molar-refractivity contribution in [2.75, 3.05) is 6.54 Å². The maximum absolute atomic E-state index is 3.10. The summed E-state index contributed by atoms with van der Waals surface area (Å²) in [5.74, 6) is 0. The van der Waals surface area contributed by atoms with Crippen molar-refractivity contribution >= 4 is 0 Å². The molecule has 1 saturated heterocycles. The summed E-state index contributed by atoms with van der Waals surface area (Å²) in [5.41, 5.74) is 0. The summed E-state index contributed by atoms with van der Waals surface area (Å²) in [6.07, 6.45) is 0. The van der Waals surface area contributed by atoms with E-state index in [0.29, 0.717) is 0 Å². The van der Waals surface area contributed by atoms with Crippen molar-refractivity contribution in [1.82, 2.24) is 5.32 Å². The van der Waals surface area contributed by atoms with Crippen molar-refractivity contribution in [3.05, 3.63) is 0 Å². The molecule has 0 saturated carbocycles. The van der Waals surface area contributed by atoms with Gasteiger partial charge in [0.2, 0.25) is 0 Å².